The Balaban J connectivity index is 2.48. The third-order valence-corrected chi connectivity index (χ3v) is 5.47. The van der Waals surface area contributed by atoms with Crippen molar-refractivity contribution in [3.8, 4) is 0 Å². The lowest BCUT2D eigenvalue weighted by Crippen LogP contribution is -2.51. The molecular formula is C13H26N2O3S. The SMILES string of the molecule is CCCS(=O)(=O)N1CCN(CC(=O)C(C)(C)C)CC1. The highest BCUT2D eigenvalue weighted by molar-refractivity contribution is 7.89. The van der Waals surface area contributed by atoms with E-state index in [2.05, 4.69) is 0 Å². The van der Waals surface area contributed by atoms with Crippen LogP contribution >= 0.6 is 0 Å². The quantitative estimate of drug-likeness (QED) is 0.757. The molecule has 0 aromatic heterocycles. The third kappa shape index (κ3) is 4.85. The van der Waals surface area contributed by atoms with E-state index in [9.17, 15) is 13.2 Å². The van der Waals surface area contributed by atoms with Gasteiger partial charge in [-0.2, -0.15) is 4.31 Å². The average Bonchev–Trinajstić information content (AvgIpc) is 2.28. The molecule has 0 aromatic rings. The van der Waals surface area contributed by atoms with Gasteiger partial charge in [0.2, 0.25) is 10.0 Å². The molecule has 1 aliphatic heterocycles. The first-order chi connectivity index (χ1) is 8.66. The van der Waals surface area contributed by atoms with Gasteiger partial charge < -0.3 is 0 Å². The molecule has 0 atom stereocenters. The van der Waals surface area contributed by atoms with Crippen LogP contribution in [0.1, 0.15) is 34.1 Å². The Morgan fingerprint density at radius 1 is 1.11 bits per heavy atom. The van der Waals surface area contributed by atoms with Gasteiger partial charge in [0, 0.05) is 31.6 Å². The minimum absolute atomic E-state index is 0.206. The van der Waals surface area contributed by atoms with Gasteiger partial charge in [0.25, 0.3) is 0 Å². The summed E-state index contributed by atoms with van der Waals surface area (Å²) in [4.78, 5) is 14.0. The van der Waals surface area contributed by atoms with E-state index in [0.717, 1.165) is 0 Å². The molecule has 1 fully saturated rings. The van der Waals surface area contributed by atoms with Gasteiger partial charge in [-0.15, -0.1) is 0 Å². The van der Waals surface area contributed by atoms with Gasteiger partial charge in [0.05, 0.1) is 12.3 Å². The number of carbonyl (C=O) groups is 1. The molecule has 0 bridgehead atoms. The van der Waals surface area contributed by atoms with Crippen LogP contribution in [0.15, 0.2) is 0 Å². The van der Waals surface area contributed by atoms with Crippen molar-refractivity contribution in [2.45, 2.75) is 34.1 Å². The topological polar surface area (TPSA) is 57.7 Å². The molecule has 5 nitrogen and oxygen atoms in total. The second-order valence-corrected chi connectivity index (χ2v) is 8.25. The molecule has 19 heavy (non-hydrogen) atoms. The lowest BCUT2D eigenvalue weighted by Gasteiger charge is -2.34. The number of piperazine rings is 1. The first-order valence-corrected chi connectivity index (χ1v) is 8.51. The van der Waals surface area contributed by atoms with Crippen LogP contribution < -0.4 is 0 Å². The number of ketones is 1. The standard InChI is InChI=1S/C13H26N2O3S/c1-5-10-19(17,18)15-8-6-14(7-9-15)11-12(16)13(2,3)4/h5-11H2,1-4H3. The van der Waals surface area contributed by atoms with Crippen molar-refractivity contribution in [3.05, 3.63) is 0 Å². The maximum absolute atomic E-state index is 11.9. The Kier molecular flexibility index (Phi) is 5.53. The van der Waals surface area contributed by atoms with E-state index in [0.29, 0.717) is 39.1 Å². The van der Waals surface area contributed by atoms with Crippen LogP contribution in [0.4, 0.5) is 0 Å². The molecule has 112 valence electrons. The highest BCUT2D eigenvalue weighted by atomic mass is 32.2. The van der Waals surface area contributed by atoms with Crippen molar-refractivity contribution in [1.82, 2.24) is 9.21 Å². The van der Waals surface area contributed by atoms with Crippen LogP contribution in [-0.4, -0.2) is 61.9 Å². The van der Waals surface area contributed by atoms with E-state index in [1.54, 1.807) is 4.31 Å². The Hall–Kier alpha value is -0.460. The van der Waals surface area contributed by atoms with E-state index in [1.807, 2.05) is 32.6 Å². The molecule has 1 heterocycles. The monoisotopic (exact) mass is 290 g/mol. The number of rotatable bonds is 5. The predicted octanol–water partition coefficient (Wildman–Crippen LogP) is 0.959. The van der Waals surface area contributed by atoms with Crippen molar-refractivity contribution in [2.75, 3.05) is 38.5 Å². The Labute approximate surface area is 117 Å². The average molecular weight is 290 g/mol. The molecule has 0 radical (unpaired) electrons. The van der Waals surface area contributed by atoms with Crippen LogP contribution in [0.3, 0.4) is 0 Å². The highest BCUT2D eigenvalue weighted by Gasteiger charge is 2.29. The number of carbonyl (C=O) groups excluding carboxylic acids is 1. The second-order valence-electron chi connectivity index (χ2n) is 6.16. The van der Waals surface area contributed by atoms with Crippen LogP contribution in [0, 0.1) is 5.41 Å². The van der Waals surface area contributed by atoms with Crippen LogP contribution in [-0.2, 0) is 14.8 Å². The summed E-state index contributed by atoms with van der Waals surface area (Å²) in [5, 5.41) is 0. The molecular weight excluding hydrogens is 264 g/mol. The van der Waals surface area contributed by atoms with Gasteiger partial charge in [0.15, 0.2) is 5.78 Å². The molecule has 0 N–H and O–H groups in total. The largest absolute Gasteiger partial charge is 0.298 e. The number of sulfonamides is 1. The number of hydrogen-bond donors (Lipinski definition) is 0. The minimum Gasteiger partial charge on any atom is -0.298 e. The van der Waals surface area contributed by atoms with Crippen LogP contribution in [0.5, 0.6) is 0 Å². The number of nitrogens with zero attached hydrogens (tertiary/aromatic N) is 2. The summed E-state index contributed by atoms with van der Waals surface area (Å²) < 4.78 is 25.4. The smallest absolute Gasteiger partial charge is 0.214 e. The van der Waals surface area contributed by atoms with Crippen molar-refractivity contribution in [3.63, 3.8) is 0 Å². The Bertz CT molecular complexity index is 404. The summed E-state index contributed by atoms with van der Waals surface area (Å²) in [6, 6.07) is 0. The zero-order chi connectivity index (χ0) is 14.7. The van der Waals surface area contributed by atoms with Gasteiger partial charge in [0.1, 0.15) is 0 Å². The summed E-state index contributed by atoms with van der Waals surface area (Å²) in [5.41, 5.74) is -0.328. The summed E-state index contributed by atoms with van der Waals surface area (Å²) in [6.07, 6.45) is 0.644. The van der Waals surface area contributed by atoms with Gasteiger partial charge in [-0.25, -0.2) is 8.42 Å². The fraction of sp³-hybridized carbons (Fsp3) is 0.923. The summed E-state index contributed by atoms with van der Waals surface area (Å²) in [5.74, 6) is 0.422. The molecule has 0 amide bonds. The fourth-order valence-corrected chi connectivity index (χ4v) is 3.49. The normalized spacial score (nSPS) is 19.6. The molecule has 0 unspecified atom stereocenters. The van der Waals surface area contributed by atoms with E-state index in [-0.39, 0.29) is 17.0 Å². The van der Waals surface area contributed by atoms with Gasteiger partial charge in [-0.05, 0) is 6.42 Å². The molecule has 0 aromatic carbocycles. The lowest BCUT2D eigenvalue weighted by molar-refractivity contribution is -0.127. The first-order valence-electron chi connectivity index (χ1n) is 6.90. The molecule has 1 aliphatic rings. The summed E-state index contributed by atoms with van der Waals surface area (Å²) in [6.45, 7) is 10.3. The highest BCUT2D eigenvalue weighted by Crippen LogP contribution is 2.16. The van der Waals surface area contributed by atoms with Crippen molar-refractivity contribution in [1.29, 1.82) is 0 Å². The van der Waals surface area contributed by atoms with Crippen LogP contribution in [0.25, 0.3) is 0 Å². The molecule has 0 saturated carbocycles. The zero-order valence-electron chi connectivity index (χ0n) is 12.5. The molecule has 1 saturated heterocycles. The molecule has 6 heteroatoms. The number of Topliss-reactive ketones (excluding diaryl/α,β-unsaturated/α-hetero) is 1. The Morgan fingerprint density at radius 2 is 1.63 bits per heavy atom. The minimum atomic E-state index is -3.09. The molecule has 0 spiro atoms. The van der Waals surface area contributed by atoms with E-state index < -0.39 is 10.0 Å². The maximum Gasteiger partial charge on any atom is 0.214 e. The van der Waals surface area contributed by atoms with E-state index >= 15 is 0 Å². The zero-order valence-corrected chi connectivity index (χ0v) is 13.3. The van der Waals surface area contributed by atoms with Crippen molar-refractivity contribution in [2.24, 2.45) is 5.41 Å². The summed E-state index contributed by atoms with van der Waals surface area (Å²) >= 11 is 0. The van der Waals surface area contributed by atoms with Crippen molar-refractivity contribution < 1.29 is 13.2 Å². The maximum atomic E-state index is 11.9. The first kappa shape index (κ1) is 16.6. The third-order valence-electron chi connectivity index (χ3n) is 3.39. The second kappa shape index (κ2) is 6.33. The number of hydrogen-bond acceptors (Lipinski definition) is 4. The van der Waals surface area contributed by atoms with Gasteiger partial charge in [-0.3, -0.25) is 9.69 Å². The van der Waals surface area contributed by atoms with E-state index in [1.165, 1.54) is 0 Å². The van der Waals surface area contributed by atoms with Crippen LogP contribution in [0.2, 0.25) is 0 Å². The van der Waals surface area contributed by atoms with Gasteiger partial charge in [-0.1, -0.05) is 27.7 Å². The van der Waals surface area contributed by atoms with Gasteiger partial charge >= 0.3 is 0 Å². The molecule has 1 rings (SSSR count). The van der Waals surface area contributed by atoms with E-state index in [4.69, 9.17) is 0 Å². The molecule has 0 aliphatic carbocycles. The van der Waals surface area contributed by atoms with Crippen molar-refractivity contribution >= 4 is 15.8 Å². The lowest BCUT2D eigenvalue weighted by atomic mass is 9.90. The predicted molar refractivity (Wildman–Crippen MR) is 76.6 cm³/mol. The summed E-state index contributed by atoms with van der Waals surface area (Å²) in [7, 11) is -3.09. The fourth-order valence-electron chi connectivity index (χ4n) is 1.99. The Morgan fingerprint density at radius 3 is 2.05 bits per heavy atom.